The minimum absolute atomic E-state index is 0.170. The minimum Gasteiger partial charge on any atom is -0.259 e. The van der Waals surface area contributed by atoms with Gasteiger partial charge in [0.15, 0.2) is 0 Å². The smallest absolute Gasteiger partial charge is 0.259 e. The SMILES string of the molecule is O=S(=O)(OC1CCC(Cl)CC1c1ccccc1)C(F)(F)F. The Bertz CT molecular complexity index is 574. The van der Waals surface area contributed by atoms with E-state index in [4.69, 9.17) is 11.6 Å². The van der Waals surface area contributed by atoms with E-state index in [0.717, 1.165) is 5.56 Å². The number of hydrogen-bond acceptors (Lipinski definition) is 3. The Morgan fingerprint density at radius 3 is 2.33 bits per heavy atom. The molecule has 0 spiro atoms. The zero-order valence-corrected chi connectivity index (χ0v) is 12.5. The van der Waals surface area contributed by atoms with Gasteiger partial charge in [-0.1, -0.05) is 30.3 Å². The molecule has 0 aromatic heterocycles. The van der Waals surface area contributed by atoms with Gasteiger partial charge in [-0.3, -0.25) is 4.18 Å². The maximum absolute atomic E-state index is 12.5. The third-order valence-corrected chi connectivity index (χ3v) is 4.95. The van der Waals surface area contributed by atoms with Crippen LogP contribution in [0.1, 0.15) is 30.7 Å². The lowest BCUT2D eigenvalue weighted by Crippen LogP contribution is -2.36. The van der Waals surface area contributed by atoms with E-state index in [1.807, 2.05) is 0 Å². The summed E-state index contributed by atoms with van der Waals surface area (Å²) in [4.78, 5) is 0. The fourth-order valence-electron chi connectivity index (χ4n) is 2.47. The normalized spacial score (nSPS) is 27.5. The van der Waals surface area contributed by atoms with E-state index in [1.165, 1.54) is 0 Å². The second-order valence-corrected chi connectivity index (χ2v) is 7.14. The first kappa shape index (κ1) is 16.6. The van der Waals surface area contributed by atoms with E-state index in [-0.39, 0.29) is 11.8 Å². The predicted molar refractivity (Wildman–Crippen MR) is 72.5 cm³/mol. The van der Waals surface area contributed by atoms with Gasteiger partial charge in [-0.2, -0.15) is 21.6 Å². The molecule has 1 aromatic rings. The molecule has 2 rings (SSSR count). The van der Waals surface area contributed by atoms with Crippen LogP contribution in [-0.4, -0.2) is 25.4 Å². The number of benzene rings is 1. The Morgan fingerprint density at radius 2 is 1.76 bits per heavy atom. The minimum atomic E-state index is -5.60. The maximum atomic E-state index is 12.5. The van der Waals surface area contributed by atoms with E-state index < -0.39 is 27.6 Å². The van der Waals surface area contributed by atoms with E-state index >= 15 is 0 Å². The van der Waals surface area contributed by atoms with Crippen molar-refractivity contribution in [1.82, 2.24) is 0 Å². The van der Waals surface area contributed by atoms with Crippen molar-refractivity contribution in [3.05, 3.63) is 35.9 Å². The second-order valence-electron chi connectivity index (χ2n) is 4.96. The maximum Gasteiger partial charge on any atom is 0.523 e. The molecule has 1 fully saturated rings. The van der Waals surface area contributed by atoms with Crippen molar-refractivity contribution in [2.75, 3.05) is 0 Å². The van der Waals surface area contributed by atoms with E-state index in [9.17, 15) is 21.6 Å². The molecule has 0 saturated heterocycles. The first-order chi connectivity index (χ1) is 9.71. The van der Waals surface area contributed by atoms with Crippen LogP contribution in [0.15, 0.2) is 30.3 Å². The van der Waals surface area contributed by atoms with Crippen molar-refractivity contribution < 1.29 is 25.8 Å². The Kier molecular flexibility index (Phi) is 4.85. The largest absolute Gasteiger partial charge is 0.523 e. The first-order valence-electron chi connectivity index (χ1n) is 6.39. The molecule has 1 aliphatic carbocycles. The molecule has 0 aliphatic heterocycles. The molecule has 3 nitrogen and oxygen atoms in total. The second kappa shape index (κ2) is 6.14. The van der Waals surface area contributed by atoms with Crippen LogP contribution < -0.4 is 0 Å². The average Bonchev–Trinajstić information content (AvgIpc) is 2.40. The summed E-state index contributed by atoms with van der Waals surface area (Å²) in [5.74, 6) is -0.473. The third kappa shape index (κ3) is 3.90. The summed E-state index contributed by atoms with van der Waals surface area (Å²) in [6.07, 6.45) is -0.0794. The lowest BCUT2D eigenvalue weighted by atomic mass is 9.81. The predicted octanol–water partition coefficient (Wildman–Crippen LogP) is 3.80. The van der Waals surface area contributed by atoms with Crippen LogP contribution in [0, 0.1) is 0 Å². The summed E-state index contributed by atoms with van der Waals surface area (Å²) < 4.78 is 64.2. The standard InChI is InChI=1S/C13H14ClF3O3S/c14-10-6-7-12(20-21(18,19)13(15,16)17)11(8-10)9-4-2-1-3-5-9/h1-5,10-12H,6-8H2. The van der Waals surface area contributed by atoms with Crippen LogP contribution in [0.3, 0.4) is 0 Å². The van der Waals surface area contributed by atoms with Crippen molar-refractivity contribution >= 4 is 21.7 Å². The number of rotatable bonds is 3. The van der Waals surface area contributed by atoms with E-state index in [2.05, 4.69) is 4.18 Å². The van der Waals surface area contributed by atoms with Gasteiger partial charge in [-0.05, 0) is 24.8 Å². The molecule has 1 aromatic carbocycles. The van der Waals surface area contributed by atoms with E-state index in [0.29, 0.717) is 12.8 Å². The lowest BCUT2D eigenvalue weighted by molar-refractivity contribution is -0.0593. The van der Waals surface area contributed by atoms with Gasteiger partial charge in [0, 0.05) is 11.3 Å². The summed E-state index contributed by atoms with van der Waals surface area (Å²) in [7, 11) is -5.60. The molecular weight excluding hydrogens is 329 g/mol. The van der Waals surface area contributed by atoms with Crippen LogP contribution in [-0.2, 0) is 14.3 Å². The molecule has 0 amide bonds. The highest BCUT2D eigenvalue weighted by Crippen LogP contribution is 2.39. The molecule has 0 bridgehead atoms. The van der Waals surface area contributed by atoms with Crippen molar-refractivity contribution in [2.24, 2.45) is 0 Å². The summed E-state index contributed by atoms with van der Waals surface area (Å²) in [5.41, 5.74) is -4.68. The number of alkyl halides is 4. The summed E-state index contributed by atoms with van der Waals surface area (Å²) in [6, 6.07) is 8.71. The molecule has 8 heteroatoms. The van der Waals surface area contributed by atoms with Crippen LogP contribution in [0.4, 0.5) is 13.2 Å². The number of halogens is 4. The van der Waals surface area contributed by atoms with Crippen molar-refractivity contribution in [2.45, 2.75) is 42.2 Å². The molecular formula is C13H14ClF3O3S. The van der Waals surface area contributed by atoms with Gasteiger partial charge in [0.25, 0.3) is 0 Å². The van der Waals surface area contributed by atoms with Crippen molar-refractivity contribution in [1.29, 1.82) is 0 Å². The molecule has 1 aliphatic rings. The Hall–Kier alpha value is -0.790. The molecule has 0 radical (unpaired) electrons. The molecule has 21 heavy (non-hydrogen) atoms. The van der Waals surface area contributed by atoms with Crippen LogP contribution >= 0.6 is 11.6 Å². The Balaban J connectivity index is 2.24. The van der Waals surface area contributed by atoms with E-state index in [1.54, 1.807) is 30.3 Å². The average molecular weight is 343 g/mol. The molecule has 3 atom stereocenters. The highest BCUT2D eigenvalue weighted by molar-refractivity contribution is 7.87. The molecule has 118 valence electrons. The fraction of sp³-hybridized carbons (Fsp3) is 0.538. The highest BCUT2D eigenvalue weighted by Gasteiger charge is 2.50. The molecule has 0 N–H and O–H groups in total. The van der Waals surface area contributed by atoms with Gasteiger partial charge in [-0.15, -0.1) is 11.6 Å². The fourth-order valence-corrected chi connectivity index (χ4v) is 3.46. The topological polar surface area (TPSA) is 43.4 Å². The van der Waals surface area contributed by atoms with Crippen molar-refractivity contribution in [3.63, 3.8) is 0 Å². The van der Waals surface area contributed by atoms with Gasteiger partial charge in [0.05, 0.1) is 6.10 Å². The van der Waals surface area contributed by atoms with Gasteiger partial charge < -0.3 is 0 Å². The van der Waals surface area contributed by atoms with Crippen LogP contribution in [0.5, 0.6) is 0 Å². The van der Waals surface area contributed by atoms with Crippen molar-refractivity contribution in [3.8, 4) is 0 Å². The zero-order chi connectivity index (χ0) is 15.7. The van der Waals surface area contributed by atoms with Gasteiger partial charge in [0.1, 0.15) is 0 Å². The quantitative estimate of drug-likeness (QED) is 0.477. The van der Waals surface area contributed by atoms with Gasteiger partial charge >= 0.3 is 15.6 Å². The lowest BCUT2D eigenvalue weighted by Gasteiger charge is -2.33. The van der Waals surface area contributed by atoms with Gasteiger partial charge in [0.2, 0.25) is 0 Å². The summed E-state index contributed by atoms with van der Waals surface area (Å²) in [6.45, 7) is 0. The zero-order valence-electron chi connectivity index (χ0n) is 10.9. The highest BCUT2D eigenvalue weighted by atomic mass is 35.5. The Morgan fingerprint density at radius 1 is 1.14 bits per heavy atom. The molecule has 0 heterocycles. The van der Waals surface area contributed by atoms with Crippen LogP contribution in [0.2, 0.25) is 0 Å². The summed E-state index contributed by atoms with van der Waals surface area (Å²) >= 11 is 6.06. The molecule has 1 saturated carbocycles. The first-order valence-corrected chi connectivity index (χ1v) is 8.24. The Labute approximate surface area is 126 Å². The monoisotopic (exact) mass is 342 g/mol. The van der Waals surface area contributed by atoms with Gasteiger partial charge in [-0.25, -0.2) is 0 Å². The summed E-state index contributed by atoms with van der Waals surface area (Å²) in [5, 5.41) is -0.205. The van der Waals surface area contributed by atoms with Crippen LogP contribution in [0.25, 0.3) is 0 Å². The third-order valence-electron chi connectivity index (χ3n) is 3.48. The number of hydrogen-bond donors (Lipinski definition) is 0. The molecule has 3 unspecified atom stereocenters.